The zero-order valence-electron chi connectivity index (χ0n) is 13.3. The molecule has 0 aliphatic carbocycles. The lowest BCUT2D eigenvalue weighted by atomic mass is 10.2. The Balaban J connectivity index is 1.96. The van der Waals surface area contributed by atoms with Gasteiger partial charge in [-0.25, -0.2) is 4.98 Å². The minimum atomic E-state index is -0.276. The summed E-state index contributed by atoms with van der Waals surface area (Å²) in [6.45, 7) is 2.29. The van der Waals surface area contributed by atoms with Crippen LogP contribution in [0.4, 0.5) is 0 Å². The highest BCUT2D eigenvalue weighted by atomic mass is 35.5. The van der Waals surface area contributed by atoms with E-state index in [1.165, 1.54) is 0 Å². The van der Waals surface area contributed by atoms with Gasteiger partial charge in [0.1, 0.15) is 12.4 Å². The van der Waals surface area contributed by atoms with E-state index in [4.69, 9.17) is 16.3 Å². The Morgan fingerprint density at radius 1 is 1.17 bits per heavy atom. The molecule has 3 rings (SSSR count). The average Bonchev–Trinajstić information content (AvgIpc) is 2.92. The Hall–Kier alpha value is -2.59. The minimum Gasteiger partial charge on any atom is -0.465 e. The van der Waals surface area contributed by atoms with E-state index in [-0.39, 0.29) is 12.5 Å². The summed E-state index contributed by atoms with van der Waals surface area (Å²) in [5.41, 5.74) is 2.76. The number of carbonyl (C=O) groups is 1. The van der Waals surface area contributed by atoms with Gasteiger partial charge in [0.05, 0.1) is 17.6 Å². The topological polar surface area (TPSA) is 44.1 Å². The third-order valence-electron chi connectivity index (χ3n) is 3.57. The van der Waals surface area contributed by atoms with Gasteiger partial charge in [0.2, 0.25) is 0 Å². The van der Waals surface area contributed by atoms with Gasteiger partial charge in [-0.2, -0.15) is 0 Å². The van der Waals surface area contributed by atoms with E-state index in [1.54, 1.807) is 6.92 Å². The molecule has 0 bridgehead atoms. The highest BCUT2D eigenvalue weighted by molar-refractivity contribution is 6.30. The maximum atomic E-state index is 11.9. The fourth-order valence-electron chi connectivity index (χ4n) is 2.47. The summed E-state index contributed by atoms with van der Waals surface area (Å²) in [6, 6.07) is 15.3. The summed E-state index contributed by atoms with van der Waals surface area (Å²) < 4.78 is 6.93. The monoisotopic (exact) mass is 340 g/mol. The number of nitrogens with zero attached hydrogens (tertiary/aromatic N) is 2. The van der Waals surface area contributed by atoms with Crippen LogP contribution in [0.25, 0.3) is 23.2 Å². The van der Waals surface area contributed by atoms with Crippen LogP contribution in [0, 0.1) is 0 Å². The van der Waals surface area contributed by atoms with Crippen LogP contribution in [0.3, 0.4) is 0 Å². The predicted octanol–water partition coefficient (Wildman–Crippen LogP) is 4.42. The Bertz CT molecular complexity index is 882. The number of hydrogen-bond acceptors (Lipinski definition) is 3. The van der Waals surface area contributed by atoms with Crippen molar-refractivity contribution in [3.63, 3.8) is 0 Å². The average molecular weight is 341 g/mol. The molecule has 0 saturated heterocycles. The standard InChI is InChI=1S/C19H17ClN2O2/c1-2-24-19(23)13-22-17-6-4-3-5-16(17)21-18(22)12-9-14-7-10-15(20)11-8-14/h3-12H,2,13H2,1H3. The van der Waals surface area contributed by atoms with Gasteiger partial charge in [-0.05, 0) is 42.8 Å². The van der Waals surface area contributed by atoms with Gasteiger partial charge in [0, 0.05) is 5.02 Å². The highest BCUT2D eigenvalue weighted by Crippen LogP contribution is 2.19. The number of hydrogen-bond donors (Lipinski definition) is 0. The number of fused-ring (bicyclic) bond motifs is 1. The van der Waals surface area contributed by atoms with Gasteiger partial charge in [-0.3, -0.25) is 4.79 Å². The van der Waals surface area contributed by atoms with Crippen LogP contribution in [-0.4, -0.2) is 22.1 Å². The lowest BCUT2D eigenvalue weighted by molar-refractivity contribution is -0.143. The Labute approximate surface area is 145 Å². The molecule has 1 heterocycles. The molecule has 0 radical (unpaired) electrons. The smallest absolute Gasteiger partial charge is 0.326 e. The summed E-state index contributed by atoms with van der Waals surface area (Å²) in [6.07, 6.45) is 3.83. The van der Waals surface area contributed by atoms with Gasteiger partial charge in [0.25, 0.3) is 0 Å². The van der Waals surface area contributed by atoms with Crippen molar-refractivity contribution >= 4 is 40.8 Å². The number of imidazole rings is 1. The van der Waals surface area contributed by atoms with Crippen LogP contribution in [-0.2, 0) is 16.1 Å². The molecular formula is C19H17ClN2O2. The van der Waals surface area contributed by atoms with Gasteiger partial charge in [-0.15, -0.1) is 0 Å². The summed E-state index contributed by atoms with van der Waals surface area (Å²) in [5.74, 6) is 0.431. The van der Waals surface area contributed by atoms with Crippen LogP contribution < -0.4 is 0 Å². The molecule has 3 aromatic rings. The summed E-state index contributed by atoms with van der Waals surface area (Å²) in [5, 5.41) is 0.696. The van der Waals surface area contributed by atoms with E-state index in [0.717, 1.165) is 16.6 Å². The van der Waals surface area contributed by atoms with Crippen molar-refractivity contribution in [1.29, 1.82) is 0 Å². The van der Waals surface area contributed by atoms with E-state index in [0.29, 0.717) is 17.5 Å². The molecule has 0 saturated carbocycles. The number of halogens is 1. The van der Waals surface area contributed by atoms with Crippen LogP contribution >= 0.6 is 11.6 Å². The fourth-order valence-corrected chi connectivity index (χ4v) is 2.59. The quantitative estimate of drug-likeness (QED) is 0.646. The first-order chi connectivity index (χ1) is 11.7. The normalized spacial score (nSPS) is 11.2. The first-order valence-electron chi connectivity index (χ1n) is 7.72. The molecule has 0 aliphatic rings. The molecule has 0 fully saturated rings. The molecule has 1 aromatic heterocycles. The molecule has 2 aromatic carbocycles. The van der Waals surface area contributed by atoms with Crippen molar-refractivity contribution in [3.8, 4) is 0 Å². The second-order valence-electron chi connectivity index (χ2n) is 5.23. The van der Waals surface area contributed by atoms with E-state index >= 15 is 0 Å². The lowest BCUT2D eigenvalue weighted by Crippen LogP contribution is -2.14. The number of aromatic nitrogens is 2. The van der Waals surface area contributed by atoms with Crippen LogP contribution in [0.5, 0.6) is 0 Å². The van der Waals surface area contributed by atoms with Gasteiger partial charge >= 0.3 is 5.97 Å². The van der Waals surface area contributed by atoms with E-state index in [2.05, 4.69) is 4.98 Å². The molecule has 0 N–H and O–H groups in total. The minimum absolute atomic E-state index is 0.134. The van der Waals surface area contributed by atoms with Gasteiger partial charge < -0.3 is 9.30 Å². The van der Waals surface area contributed by atoms with Crippen LogP contribution in [0.1, 0.15) is 18.3 Å². The molecule has 0 atom stereocenters. The molecule has 24 heavy (non-hydrogen) atoms. The van der Waals surface area contributed by atoms with E-state index in [9.17, 15) is 4.79 Å². The summed E-state index contributed by atoms with van der Waals surface area (Å²) in [7, 11) is 0. The number of rotatable bonds is 5. The first-order valence-corrected chi connectivity index (χ1v) is 8.09. The molecule has 5 heteroatoms. The SMILES string of the molecule is CCOC(=O)Cn1c(C=Cc2ccc(Cl)cc2)nc2ccccc21. The zero-order chi connectivity index (χ0) is 16.9. The zero-order valence-corrected chi connectivity index (χ0v) is 14.0. The molecule has 0 unspecified atom stereocenters. The Morgan fingerprint density at radius 3 is 2.67 bits per heavy atom. The molecular weight excluding hydrogens is 324 g/mol. The van der Waals surface area contributed by atoms with E-state index in [1.807, 2.05) is 65.3 Å². The number of esters is 1. The van der Waals surface area contributed by atoms with Crippen molar-refractivity contribution in [3.05, 3.63) is 64.9 Å². The van der Waals surface area contributed by atoms with Gasteiger partial charge in [-0.1, -0.05) is 41.9 Å². The second-order valence-corrected chi connectivity index (χ2v) is 5.67. The third kappa shape index (κ3) is 3.66. The summed E-state index contributed by atoms with van der Waals surface area (Å²) in [4.78, 5) is 16.5. The predicted molar refractivity (Wildman–Crippen MR) is 96.7 cm³/mol. The van der Waals surface area contributed by atoms with Gasteiger partial charge in [0.15, 0.2) is 0 Å². The van der Waals surface area contributed by atoms with Crippen molar-refractivity contribution in [1.82, 2.24) is 9.55 Å². The van der Waals surface area contributed by atoms with Crippen LogP contribution in [0.15, 0.2) is 48.5 Å². The fraction of sp³-hybridized carbons (Fsp3) is 0.158. The molecule has 0 aliphatic heterocycles. The maximum absolute atomic E-state index is 11.9. The summed E-state index contributed by atoms with van der Waals surface area (Å²) >= 11 is 5.90. The molecule has 0 amide bonds. The Morgan fingerprint density at radius 2 is 1.92 bits per heavy atom. The van der Waals surface area contributed by atoms with Crippen molar-refractivity contribution in [2.24, 2.45) is 0 Å². The third-order valence-corrected chi connectivity index (χ3v) is 3.82. The highest BCUT2D eigenvalue weighted by Gasteiger charge is 2.12. The number of benzene rings is 2. The maximum Gasteiger partial charge on any atom is 0.326 e. The lowest BCUT2D eigenvalue weighted by Gasteiger charge is -2.06. The largest absolute Gasteiger partial charge is 0.465 e. The van der Waals surface area contributed by atoms with Crippen molar-refractivity contribution in [2.75, 3.05) is 6.61 Å². The molecule has 4 nitrogen and oxygen atoms in total. The van der Waals surface area contributed by atoms with E-state index < -0.39 is 0 Å². The molecule has 0 spiro atoms. The van der Waals surface area contributed by atoms with Crippen LogP contribution in [0.2, 0.25) is 5.02 Å². The Kier molecular flexibility index (Phi) is 4.96. The first kappa shape index (κ1) is 16.3. The number of carbonyl (C=O) groups excluding carboxylic acids is 1. The number of para-hydroxylation sites is 2. The second kappa shape index (κ2) is 7.32. The van der Waals surface area contributed by atoms with Crippen molar-refractivity contribution in [2.45, 2.75) is 13.5 Å². The van der Waals surface area contributed by atoms with Crippen molar-refractivity contribution < 1.29 is 9.53 Å². The molecule has 122 valence electrons. The number of ether oxygens (including phenoxy) is 1.